The highest BCUT2D eigenvalue weighted by Gasteiger charge is 2.09. The van der Waals surface area contributed by atoms with Crippen LogP contribution in [-0.2, 0) is 6.42 Å². The lowest BCUT2D eigenvalue weighted by atomic mass is 10.2. The first-order valence-electron chi connectivity index (χ1n) is 5.45. The number of fused-ring (bicyclic) bond motifs is 1. The average molecular weight is 235 g/mol. The highest BCUT2D eigenvalue weighted by Crippen LogP contribution is 2.18. The fraction of sp³-hybridized carbons (Fsp3) is 0.417. The number of aromatic nitrogens is 2. The smallest absolute Gasteiger partial charge is 0.138 e. The maximum atomic E-state index is 6.12. The minimum Gasteiger partial charge on any atom is -0.383 e. The van der Waals surface area contributed by atoms with Gasteiger partial charge in [-0.3, -0.25) is 4.40 Å². The Labute approximate surface area is 100 Å². The maximum Gasteiger partial charge on any atom is 0.138 e. The third-order valence-corrected chi connectivity index (χ3v) is 3.41. The second-order valence-electron chi connectivity index (χ2n) is 3.90. The third-order valence-electron chi connectivity index (χ3n) is 2.71. The quantitative estimate of drug-likeness (QED) is 0.828. The Kier molecular flexibility index (Phi) is 3.39. The second kappa shape index (κ2) is 4.78. The summed E-state index contributed by atoms with van der Waals surface area (Å²) in [6.07, 6.45) is 4.22. The first kappa shape index (κ1) is 11.3. The Balaban J connectivity index is 2.33. The Morgan fingerprint density at radius 2 is 2.25 bits per heavy atom. The van der Waals surface area contributed by atoms with E-state index in [1.165, 1.54) is 0 Å². The summed E-state index contributed by atoms with van der Waals surface area (Å²) in [6.45, 7) is 2.05. The third kappa shape index (κ3) is 2.02. The maximum absolute atomic E-state index is 6.12. The summed E-state index contributed by atoms with van der Waals surface area (Å²) in [5.41, 5.74) is 9.24. The normalized spacial score (nSPS) is 11.1. The Morgan fingerprint density at radius 3 is 2.94 bits per heavy atom. The fourth-order valence-electron chi connectivity index (χ4n) is 1.90. The predicted octanol–water partition coefficient (Wildman–Crippen LogP) is 2.52. The van der Waals surface area contributed by atoms with E-state index in [0.717, 1.165) is 41.4 Å². The van der Waals surface area contributed by atoms with Crippen molar-refractivity contribution >= 4 is 23.2 Å². The molecular weight excluding hydrogens is 218 g/mol. The van der Waals surface area contributed by atoms with Gasteiger partial charge in [0.1, 0.15) is 11.5 Å². The van der Waals surface area contributed by atoms with E-state index in [2.05, 4.69) is 24.2 Å². The minimum absolute atomic E-state index is 0.800. The molecule has 2 rings (SSSR count). The molecule has 16 heavy (non-hydrogen) atoms. The Hall–Kier alpha value is -1.16. The van der Waals surface area contributed by atoms with Gasteiger partial charge in [0.15, 0.2) is 0 Å². The van der Waals surface area contributed by atoms with Gasteiger partial charge in [-0.1, -0.05) is 6.07 Å². The van der Waals surface area contributed by atoms with Crippen LogP contribution in [0.2, 0.25) is 0 Å². The summed E-state index contributed by atoms with van der Waals surface area (Å²) in [5.74, 6) is 1.96. The van der Waals surface area contributed by atoms with E-state index in [1.54, 1.807) is 0 Å². The molecule has 2 N–H and O–H groups in total. The molecule has 4 heteroatoms. The van der Waals surface area contributed by atoms with Crippen molar-refractivity contribution in [2.24, 2.45) is 0 Å². The predicted molar refractivity (Wildman–Crippen MR) is 71.0 cm³/mol. The monoisotopic (exact) mass is 235 g/mol. The lowest BCUT2D eigenvalue weighted by molar-refractivity contribution is 0.907. The van der Waals surface area contributed by atoms with Gasteiger partial charge < -0.3 is 5.73 Å². The van der Waals surface area contributed by atoms with Crippen LogP contribution in [0.5, 0.6) is 0 Å². The van der Waals surface area contributed by atoms with Gasteiger partial charge in [0.2, 0.25) is 0 Å². The van der Waals surface area contributed by atoms with Gasteiger partial charge in [-0.2, -0.15) is 11.8 Å². The first-order valence-corrected chi connectivity index (χ1v) is 6.85. The van der Waals surface area contributed by atoms with Crippen molar-refractivity contribution < 1.29 is 0 Å². The van der Waals surface area contributed by atoms with E-state index >= 15 is 0 Å². The number of thioether (sulfide) groups is 1. The summed E-state index contributed by atoms with van der Waals surface area (Å²) in [7, 11) is 0. The molecule has 0 aliphatic heterocycles. The number of hydrogen-bond donors (Lipinski definition) is 1. The number of nitrogens with zero attached hydrogens (tertiary/aromatic N) is 2. The van der Waals surface area contributed by atoms with Crippen LogP contribution in [0.15, 0.2) is 18.2 Å². The summed E-state index contributed by atoms with van der Waals surface area (Å²) < 4.78 is 2.02. The largest absolute Gasteiger partial charge is 0.383 e. The van der Waals surface area contributed by atoms with Gasteiger partial charge in [0.25, 0.3) is 0 Å². The van der Waals surface area contributed by atoms with Crippen molar-refractivity contribution in [3.05, 3.63) is 29.6 Å². The number of nitrogens with two attached hydrogens (primary N) is 1. The van der Waals surface area contributed by atoms with Crippen molar-refractivity contribution in [3.8, 4) is 0 Å². The van der Waals surface area contributed by atoms with E-state index in [-0.39, 0.29) is 0 Å². The molecule has 0 saturated carbocycles. The Morgan fingerprint density at radius 1 is 1.44 bits per heavy atom. The molecule has 0 unspecified atom stereocenters. The molecule has 2 heterocycles. The number of nitrogen functional groups attached to an aromatic ring is 1. The van der Waals surface area contributed by atoms with Crippen molar-refractivity contribution in [2.75, 3.05) is 17.7 Å². The molecule has 0 aliphatic carbocycles. The van der Waals surface area contributed by atoms with Crippen LogP contribution in [0.4, 0.5) is 5.82 Å². The van der Waals surface area contributed by atoms with Crippen LogP contribution in [-0.4, -0.2) is 21.4 Å². The molecule has 0 bridgehead atoms. The van der Waals surface area contributed by atoms with Gasteiger partial charge in [0, 0.05) is 5.69 Å². The van der Waals surface area contributed by atoms with E-state index in [1.807, 2.05) is 28.3 Å². The summed E-state index contributed by atoms with van der Waals surface area (Å²) in [6, 6.07) is 6.07. The van der Waals surface area contributed by atoms with Crippen molar-refractivity contribution in [1.82, 2.24) is 9.38 Å². The van der Waals surface area contributed by atoms with Crippen LogP contribution >= 0.6 is 11.8 Å². The molecule has 0 fully saturated rings. The summed E-state index contributed by atoms with van der Waals surface area (Å²) in [5, 5.41) is 0. The number of pyridine rings is 1. The molecule has 3 nitrogen and oxygen atoms in total. The van der Waals surface area contributed by atoms with Gasteiger partial charge in [0.05, 0.1) is 5.69 Å². The van der Waals surface area contributed by atoms with Crippen molar-refractivity contribution in [1.29, 1.82) is 0 Å². The standard InChI is InChI=1S/C12H17N3S/c1-9-5-3-7-11-14-10(6-4-8-16-2)12(13)15(9)11/h3,5,7H,4,6,8,13H2,1-2H3. The van der Waals surface area contributed by atoms with Crippen LogP contribution < -0.4 is 5.73 Å². The molecule has 0 spiro atoms. The molecule has 2 aromatic rings. The molecule has 0 amide bonds. The van der Waals surface area contributed by atoms with Gasteiger partial charge >= 0.3 is 0 Å². The van der Waals surface area contributed by atoms with E-state index < -0.39 is 0 Å². The minimum atomic E-state index is 0.800. The van der Waals surface area contributed by atoms with Gasteiger partial charge in [-0.05, 0) is 43.9 Å². The zero-order valence-corrected chi connectivity index (χ0v) is 10.5. The molecule has 2 aromatic heterocycles. The number of imidazole rings is 1. The highest BCUT2D eigenvalue weighted by molar-refractivity contribution is 7.98. The van der Waals surface area contributed by atoms with Crippen molar-refractivity contribution in [2.45, 2.75) is 19.8 Å². The number of aryl methyl sites for hydroxylation is 2. The SMILES string of the molecule is CSCCCc1nc2cccc(C)n2c1N. The van der Waals surface area contributed by atoms with Crippen LogP contribution in [0.25, 0.3) is 5.65 Å². The fourth-order valence-corrected chi connectivity index (χ4v) is 2.33. The lowest BCUT2D eigenvalue weighted by Crippen LogP contribution is -1.99. The van der Waals surface area contributed by atoms with Crippen LogP contribution in [0.3, 0.4) is 0 Å². The molecular formula is C12H17N3S. The molecule has 0 aromatic carbocycles. The molecule has 0 atom stereocenters. The first-order chi connectivity index (χ1) is 7.74. The summed E-state index contributed by atoms with van der Waals surface area (Å²) in [4.78, 5) is 4.57. The van der Waals surface area contributed by atoms with Crippen LogP contribution in [0, 0.1) is 6.92 Å². The van der Waals surface area contributed by atoms with Gasteiger partial charge in [-0.25, -0.2) is 4.98 Å². The molecule has 0 radical (unpaired) electrons. The number of hydrogen-bond acceptors (Lipinski definition) is 3. The second-order valence-corrected chi connectivity index (χ2v) is 4.89. The summed E-state index contributed by atoms with van der Waals surface area (Å²) >= 11 is 1.86. The highest BCUT2D eigenvalue weighted by atomic mass is 32.2. The van der Waals surface area contributed by atoms with Crippen molar-refractivity contribution in [3.63, 3.8) is 0 Å². The molecule has 86 valence electrons. The average Bonchev–Trinajstić information content (AvgIpc) is 2.58. The topological polar surface area (TPSA) is 43.3 Å². The van der Waals surface area contributed by atoms with E-state index in [0.29, 0.717) is 0 Å². The van der Waals surface area contributed by atoms with E-state index in [4.69, 9.17) is 5.73 Å². The van der Waals surface area contributed by atoms with Gasteiger partial charge in [-0.15, -0.1) is 0 Å². The number of anilines is 1. The van der Waals surface area contributed by atoms with Crippen LogP contribution in [0.1, 0.15) is 17.8 Å². The lowest BCUT2D eigenvalue weighted by Gasteiger charge is -2.01. The molecule has 0 aliphatic rings. The van der Waals surface area contributed by atoms with E-state index in [9.17, 15) is 0 Å². The molecule has 0 saturated heterocycles. The Bertz CT molecular complexity index is 490. The number of rotatable bonds is 4. The zero-order valence-electron chi connectivity index (χ0n) is 9.73. The zero-order chi connectivity index (χ0) is 11.5.